The van der Waals surface area contributed by atoms with Crippen molar-refractivity contribution in [3.05, 3.63) is 24.3 Å². The maximum Gasteiger partial charge on any atom is 0.0795 e. The van der Waals surface area contributed by atoms with Crippen molar-refractivity contribution in [2.45, 2.75) is 31.8 Å². The average molecular weight is 272 g/mol. The first-order valence-corrected chi connectivity index (χ1v) is 7.90. The molecule has 0 saturated heterocycles. The molecule has 1 heterocycles. The highest BCUT2D eigenvalue weighted by Gasteiger charge is 2.38. The van der Waals surface area contributed by atoms with E-state index in [2.05, 4.69) is 26.8 Å². The van der Waals surface area contributed by atoms with Gasteiger partial charge in [-0.15, -0.1) is 10.1 Å². The highest BCUT2D eigenvalue weighted by Crippen LogP contribution is 2.57. The maximum absolute atomic E-state index is 6.57. The fourth-order valence-electron chi connectivity index (χ4n) is 1.87. The summed E-state index contributed by atoms with van der Waals surface area (Å²) < 4.78 is 5.45. The Balaban J connectivity index is 2.38. The van der Waals surface area contributed by atoms with Crippen molar-refractivity contribution in [2.75, 3.05) is 7.11 Å². The molecule has 17 heavy (non-hydrogen) atoms. The first-order valence-electron chi connectivity index (χ1n) is 5.65. The van der Waals surface area contributed by atoms with Crippen LogP contribution in [0.1, 0.15) is 20.8 Å². The molecule has 0 radical (unpaired) electrons. The summed E-state index contributed by atoms with van der Waals surface area (Å²) in [7, 11) is 7.47. The van der Waals surface area contributed by atoms with Crippen LogP contribution in [-0.4, -0.2) is 18.3 Å². The van der Waals surface area contributed by atoms with Gasteiger partial charge in [0.25, 0.3) is 0 Å². The summed E-state index contributed by atoms with van der Waals surface area (Å²) in [6.07, 6.45) is 0.0966. The molecule has 2 unspecified atom stereocenters. The Kier molecular flexibility index (Phi) is 3.53. The molecular formula is C13H18ClNOS. The number of benzene rings is 1. The van der Waals surface area contributed by atoms with Crippen LogP contribution < -0.4 is 0 Å². The van der Waals surface area contributed by atoms with Crippen LogP contribution in [0.2, 0.25) is 0 Å². The van der Waals surface area contributed by atoms with Gasteiger partial charge in [-0.1, -0.05) is 36.7 Å². The molecule has 1 aromatic carbocycles. The van der Waals surface area contributed by atoms with Gasteiger partial charge in [-0.3, -0.25) is 0 Å². The van der Waals surface area contributed by atoms with E-state index in [1.807, 2.05) is 18.2 Å². The number of fused-ring (bicyclic) bond motifs is 1. The molecule has 0 spiro atoms. The van der Waals surface area contributed by atoms with Crippen molar-refractivity contribution in [3.8, 4) is 0 Å². The summed E-state index contributed by atoms with van der Waals surface area (Å²) in [6, 6.07) is 8.10. The zero-order valence-electron chi connectivity index (χ0n) is 10.6. The number of thiol groups is 1. The molecule has 4 heteroatoms. The van der Waals surface area contributed by atoms with Gasteiger partial charge in [-0.05, 0) is 19.1 Å². The minimum atomic E-state index is -0.828. The predicted octanol–water partition coefficient (Wildman–Crippen LogP) is 4.31. The van der Waals surface area contributed by atoms with Crippen LogP contribution >= 0.6 is 20.8 Å². The van der Waals surface area contributed by atoms with Gasteiger partial charge < -0.3 is 4.74 Å². The van der Waals surface area contributed by atoms with Crippen LogP contribution in [0.3, 0.4) is 0 Å². The van der Waals surface area contributed by atoms with Gasteiger partial charge in [0.1, 0.15) is 0 Å². The number of rotatable bonds is 3. The summed E-state index contributed by atoms with van der Waals surface area (Å²) in [6.45, 7) is 6.35. The molecule has 2 atom stereocenters. The Hall–Kier alpha value is -0.510. The summed E-state index contributed by atoms with van der Waals surface area (Å²) in [5, 5.41) is 1.06. The zero-order valence-corrected chi connectivity index (χ0v) is 12.2. The fourth-order valence-corrected chi connectivity index (χ4v) is 4.72. The molecule has 0 bridgehead atoms. The second-order valence-electron chi connectivity index (χ2n) is 4.80. The van der Waals surface area contributed by atoms with Crippen molar-refractivity contribution >= 4 is 31.5 Å². The molecule has 0 fully saturated rings. The number of halogens is 1. The van der Waals surface area contributed by atoms with E-state index in [-0.39, 0.29) is 11.5 Å². The zero-order chi connectivity index (χ0) is 12.6. The monoisotopic (exact) mass is 271 g/mol. The van der Waals surface area contributed by atoms with Gasteiger partial charge in [0.2, 0.25) is 0 Å². The van der Waals surface area contributed by atoms with E-state index < -0.39 is 10.1 Å². The van der Waals surface area contributed by atoms with Gasteiger partial charge in [-0.25, -0.2) is 4.99 Å². The Labute approximate surface area is 110 Å². The van der Waals surface area contributed by atoms with Crippen LogP contribution in [0.15, 0.2) is 34.2 Å². The largest absolute Gasteiger partial charge is 0.381 e. The van der Waals surface area contributed by atoms with Gasteiger partial charge in [0, 0.05) is 17.4 Å². The Bertz CT molecular complexity index is 458. The average Bonchev–Trinajstić information content (AvgIpc) is 2.67. The topological polar surface area (TPSA) is 21.6 Å². The molecule has 2 rings (SSSR count). The first kappa shape index (κ1) is 12.9. The highest BCUT2D eigenvalue weighted by molar-refractivity contribution is 8.47. The lowest BCUT2D eigenvalue weighted by Crippen LogP contribution is -2.35. The molecule has 1 aliphatic rings. The normalized spacial score (nSPS) is 23.1. The lowest BCUT2D eigenvalue weighted by Gasteiger charge is -2.33. The van der Waals surface area contributed by atoms with Crippen molar-refractivity contribution in [3.63, 3.8) is 0 Å². The number of hydrogen-bond donors (Lipinski definition) is 1. The van der Waals surface area contributed by atoms with Crippen LogP contribution in [0.4, 0.5) is 5.69 Å². The Morgan fingerprint density at radius 1 is 1.35 bits per heavy atom. The van der Waals surface area contributed by atoms with Crippen LogP contribution in [0.5, 0.6) is 0 Å². The third kappa shape index (κ3) is 2.12. The Morgan fingerprint density at radius 2 is 2.00 bits per heavy atom. The third-order valence-corrected chi connectivity index (χ3v) is 6.33. The van der Waals surface area contributed by atoms with Gasteiger partial charge in [0.15, 0.2) is 0 Å². The second kappa shape index (κ2) is 4.63. The molecule has 0 amide bonds. The Morgan fingerprint density at radius 3 is 2.59 bits per heavy atom. The number of para-hydroxylation sites is 1. The standard InChI is InChI=1S/C13H18ClNOS/c1-9(16-4)13(2,3)12-15-10-7-5-6-8-11(10)17(12)14/h5-9,17H,1-4H3. The van der Waals surface area contributed by atoms with Crippen molar-refractivity contribution < 1.29 is 4.74 Å². The van der Waals surface area contributed by atoms with E-state index >= 15 is 0 Å². The molecule has 1 aromatic rings. The summed E-state index contributed by atoms with van der Waals surface area (Å²) in [4.78, 5) is 5.87. The summed E-state index contributed by atoms with van der Waals surface area (Å²) in [5.41, 5.74) is 0.876. The van der Waals surface area contributed by atoms with E-state index in [9.17, 15) is 0 Å². The smallest absolute Gasteiger partial charge is 0.0795 e. The molecule has 0 saturated carbocycles. The van der Waals surface area contributed by atoms with Crippen LogP contribution in [0.25, 0.3) is 0 Å². The fraction of sp³-hybridized carbons (Fsp3) is 0.462. The second-order valence-corrected chi connectivity index (χ2v) is 7.29. The van der Waals surface area contributed by atoms with E-state index in [4.69, 9.17) is 20.4 Å². The SMILES string of the molecule is COC(C)C(C)(C)C1=Nc2ccccc2[SH]1Cl. The molecule has 2 nitrogen and oxygen atoms in total. The van der Waals surface area contributed by atoms with Crippen molar-refractivity contribution in [1.82, 2.24) is 0 Å². The number of ether oxygens (including phenoxy) is 1. The van der Waals surface area contributed by atoms with E-state index in [1.54, 1.807) is 7.11 Å². The van der Waals surface area contributed by atoms with Gasteiger partial charge >= 0.3 is 0 Å². The van der Waals surface area contributed by atoms with Crippen molar-refractivity contribution in [1.29, 1.82) is 0 Å². The number of methoxy groups -OCH3 is 1. The van der Waals surface area contributed by atoms with Crippen LogP contribution in [-0.2, 0) is 4.74 Å². The molecular weight excluding hydrogens is 254 g/mol. The minimum absolute atomic E-state index is 0.0966. The van der Waals surface area contributed by atoms with E-state index in [1.165, 1.54) is 0 Å². The maximum atomic E-state index is 6.57. The number of hydrogen-bond acceptors (Lipinski definition) is 2. The lowest BCUT2D eigenvalue weighted by molar-refractivity contribution is 0.0572. The molecule has 0 aliphatic carbocycles. The predicted molar refractivity (Wildman–Crippen MR) is 76.9 cm³/mol. The third-order valence-electron chi connectivity index (χ3n) is 3.45. The minimum Gasteiger partial charge on any atom is -0.381 e. The van der Waals surface area contributed by atoms with Crippen LogP contribution in [0, 0.1) is 5.41 Å². The molecule has 94 valence electrons. The highest BCUT2D eigenvalue weighted by atomic mass is 35.7. The molecule has 0 aromatic heterocycles. The number of nitrogens with zero attached hydrogens (tertiary/aromatic N) is 1. The quantitative estimate of drug-likeness (QED) is 0.813. The van der Waals surface area contributed by atoms with E-state index in [0.29, 0.717) is 0 Å². The molecule has 1 aliphatic heterocycles. The van der Waals surface area contributed by atoms with Gasteiger partial charge in [-0.2, -0.15) is 0 Å². The summed E-state index contributed by atoms with van der Waals surface area (Å²) >= 11 is 0. The van der Waals surface area contributed by atoms with Gasteiger partial charge in [0.05, 0.1) is 16.8 Å². The lowest BCUT2D eigenvalue weighted by atomic mass is 9.88. The van der Waals surface area contributed by atoms with Crippen molar-refractivity contribution in [2.24, 2.45) is 10.4 Å². The summed E-state index contributed by atoms with van der Waals surface area (Å²) in [5.74, 6) is 0. The van der Waals surface area contributed by atoms with E-state index in [0.717, 1.165) is 15.6 Å². The number of aliphatic imine (C=N–C) groups is 1. The molecule has 0 N–H and O–H groups in total. The first-order chi connectivity index (χ1) is 7.98.